The van der Waals surface area contributed by atoms with E-state index in [1.54, 1.807) is 0 Å². The Kier molecular flexibility index (Phi) is 5.21. The summed E-state index contributed by atoms with van der Waals surface area (Å²) in [5, 5.41) is 8.15. The fourth-order valence-corrected chi connectivity index (χ4v) is 0.565. The molecular weight excluding hydrogens is 118 g/mol. The average Bonchev–Trinajstić information content (AvgIpc) is 1.80. The Morgan fingerprint density at radius 1 is 1.33 bits per heavy atom. The van der Waals surface area contributed by atoms with Crippen molar-refractivity contribution in [2.75, 3.05) is 6.54 Å². The van der Waals surface area contributed by atoms with Gasteiger partial charge in [0, 0.05) is 13.0 Å². The molecule has 3 nitrogen and oxygen atoms in total. The highest BCUT2D eigenvalue weighted by molar-refractivity contribution is 5.66. The topological polar surface area (TPSA) is 59.6 Å². The van der Waals surface area contributed by atoms with Gasteiger partial charge in [-0.3, -0.25) is 4.79 Å². The summed E-state index contributed by atoms with van der Waals surface area (Å²) in [6, 6.07) is 0. The number of carboxylic acids is 1. The van der Waals surface area contributed by atoms with Crippen LogP contribution in [0.3, 0.4) is 0 Å². The lowest BCUT2D eigenvalue weighted by Gasteiger charge is -1.92. The van der Waals surface area contributed by atoms with Crippen LogP contribution in [0.1, 0.15) is 25.7 Å². The predicted octanol–water partition coefficient (Wildman–Crippen LogP) is 0.700. The molecule has 0 saturated heterocycles. The third-order valence-corrected chi connectivity index (χ3v) is 1.05. The van der Waals surface area contributed by atoms with Gasteiger partial charge in [0.15, 0.2) is 0 Å². The van der Waals surface area contributed by atoms with Crippen molar-refractivity contribution in [1.29, 1.82) is 0 Å². The summed E-state index contributed by atoms with van der Waals surface area (Å²) in [6.45, 7) is 0.166. The number of carbonyl (C=O) groups is 1. The molecule has 9 heavy (non-hydrogen) atoms. The number of hydrogen-bond donors (Lipinski definition) is 1. The Bertz CT molecular complexity index is 83.1. The lowest BCUT2D eigenvalue weighted by Crippen LogP contribution is -1.94. The van der Waals surface area contributed by atoms with Gasteiger partial charge >= 0.3 is 5.97 Å². The van der Waals surface area contributed by atoms with Gasteiger partial charge in [-0.1, -0.05) is 6.42 Å². The van der Waals surface area contributed by atoms with Gasteiger partial charge in [0.1, 0.15) is 0 Å². The number of rotatable bonds is 5. The van der Waals surface area contributed by atoms with Crippen LogP contribution < -0.4 is 5.73 Å². The van der Waals surface area contributed by atoms with E-state index in [0.29, 0.717) is 12.8 Å². The second-order valence-electron chi connectivity index (χ2n) is 1.93. The van der Waals surface area contributed by atoms with Gasteiger partial charge in [-0.25, -0.2) is 0 Å². The molecule has 0 saturated carbocycles. The van der Waals surface area contributed by atoms with Crippen LogP contribution in [0.25, 0.3) is 0 Å². The minimum atomic E-state index is -0.757. The molecule has 0 amide bonds. The standard InChI is InChI=1S/C6H11NO2/c7-5-3-1-2-4-6(8)9/h1-5H2,(H,8,9). The predicted molar refractivity (Wildman–Crippen MR) is 33.1 cm³/mol. The lowest BCUT2D eigenvalue weighted by molar-refractivity contribution is -0.137. The van der Waals surface area contributed by atoms with Crippen molar-refractivity contribution in [3.8, 4) is 0 Å². The molecule has 0 aliphatic heterocycles. The maximum Gasteiger partial charge on any atom is 0.303 e. The van der Waals surface area contributed by atoms with Gasteiger partial charge in [-0.2, -0.15) is 0 Å². The second kappa shape index (κ2) is 5.56. The van der Waals surface area contributed by atoms with Gasteiger partial charge in [0.25, 0.3) is 0 Å². The summed E-state index contributed by atoms with van der Waals surface area (Å²) < 4.78 is 0. The first-order valence-corrected chi connectivity index (χ1v) is 3.10. The molecule has 2 radical (unpaired) electrons. The highest BCUT2D eigenvalue weighted by Crippen LogP contribution is 1.97. The van der Waals surface area contributed by atoms with Gasteiger partial charge in [-0.15, -0.1) is 5.73 Å². The van der Waals surface area contributed by atoms with Gasteiger partial charge in [0.05, 0.1) is 0 Å². The largest absolute Gasteiger partial charge is 0.481 e. The van der Waals surface area contributed by atoms with E-state index in [0.717, 1.165) is 6.42 Å². The SMILES string of the molecule is [N]CCCCCC(=O)O. The molecule has 0 bridgehead atoms. The Balaban J connectivity index is 2.83. The van der Waals surface area contributed by atoms with E-state index in [1.165, 1.54) is 0 Å². The van der Waals surface area contributed by atoms with E-state index in [2.05, 4.69) is 0 Å². The molecule has 0 atom stereocenters. The Hall–Kier alpha value is -0.570. The van der Waals surface area contributed by atoms with Crippen molar-refractivity contribution in [1.82, 2.24) is 5.73 Å². The maximum absolute atomic E-state index is 9.90. The minimum absolute atomic E-state index is 0.166. The molecule has 3 heteroatoms. The van der Waals surface area contributed by atoms with Crippen LogP contribution in [0.5, 0.6) is 0 Å². The van der Waals surface area contributed by atoms with E-state index in [-0.39, 0.29) is 13.0 Å². The van der Waals surface area contributed by atoms with Crippen molar-refractivity contribution in [3.05, 3.63) is 0 Å². The summed E-state index contributed by atoms with van der Waals surface area (Å²) in [5.74, 6) is -0.757. The highest BCUT2D eigenvalue weighted by Gasteiger charge is 1.94. The van der Waals surface area contributed by atoms with E-state index >= 15 is 0 Å². The number of aliphatic carboxylic acids is 1. The van der Waals surface area contributed by atoms with Crippen LogP contribution in [-0.2, 0) is 4.79 Å². The van der Waals surface area contributed by atoms with E-state index in [4.69, 9.17) is 10.8 Å². The fraction of sp³-hybridized carbons (Fsp3) is 0.833. The van der Waals surface area contributed by atoms with Gasteiger partial charge in [-0.05, 0) is 12.8 Å². The van der Waals surface area contributed by atoms with Crippen LogP contribution in [0.15, 0.2) is 0 Å². The van der Waals surface area contributed by atoms with Gasteiger partial charge in [0.2, 0.25) is 0 Å². The summed E-state index contributed by atoms with van der Waals surface area (Å²) >= 11 is 0. The molecule has 0 spiro atoms. The molecule has 0 aromatic heterocycles. The Labute approximate surface area is 54.9 Å². The normalized spacial score (nSPS) is 9.44. The maximum atomic E-state index is 9.90. The van der Waals surface area contributed by atoms with Crippen LogP contribution >= 0.6 is 0 Å². The first-order valence-electron chi connectivity index (χ1n) is 3.10. The molecule has 52 valence electrons. The van der Waals surface area contributed by atoms with Crippen molar-refractivity contribution in [2.24, 2.45) is 0 Å². The molecule has 0 unspecified atom stereocenters. The number of carboxylic acid groups (broad SMARTS) is 1. The second-order valence-corrected chi connectivity index (χ2v) is 1.93. The lowest BCUT2D eigenvalue weighted by atomic mass is 10.2. The van der Waals surface area contributed by atoms with Crippen molar-refractivity contribution >= 4 is 5.97 Å². The average molecular weight is 129 g/mol. The molecule has 0 aliphatic carbocycles. The summed E-state index contributed by atoms with van der Waals surface area (Å²) in [4.78, 5) is 9.90. The third kappa shape index (κ3) is 7.43. The molecule has 0 fully saturated rings. The summed E-state index contributed by atoms with van der Waals surface area (Å²) in [5.41, 5.74) is 8.28. The van der Waals surface area contributed by atoms with E-state index in [9.17, 15) is 4.79 Å². The number of nitrogens with zero attached hydrogens (tertiary/aromatic N) is 1. The monoisotopic (exact) mass is 129 g/mol. The summed E-state index contributed by atoms with van der Waals surface area (Å²) in [7, 11) is 0. The van der Waals surface area contributed by atoms with E-state index in [1.807, 2.05) is 0 Å². The quantitative estimate of drug-likeness (QED) is 0.555. The Morgan fingerprint density at radius 3 is 2.44 bits per heavy atom. The summed E-state index contributed by atoms with van der Waals surface area (Å²) in [6.07, 6.45) is 2.42. The zero-order chi connectivity index (χ0) is 7.11. The zero-order valence-corrected chi connectivity index (χ0v) is 5.34. The fourth-order valence-electron chi connectivity index (χ4n) is 0.565. The highest BCUT2D eigenvalue weighted by atomic mass is 16.4. The molecule has 0 rings (SSSR count). The molecule has 0 aromatic carbocycles. The molecular formula is C6H11NO2. The first kappa shape index (κ1) is 8.43. The zero-order valence-electron chi connectivity index (χ0n) is 5.34. The number of unbranched alkanes of at least 4 members (excludes halogenated alkanes) is 2. The minimum Gasteiger partial charge on any atom is -0.481 e. The first-order chi connectivity index (χ1) is 4.27. The van der Waals surface area contributed by atoms with E-state index < -0.39 is 5.97 Å². The molecule has 0 aromatic rings. The van der Waals surface area contributed by atoms with Crippen molar-refractivity contribution < 1.29 is 9.90 Å². The third-order valence-electron chi connectivity index (χ3n) is 1.05. The van der Waals surface area contributed by atoms with Crippen molar-refractivity contribution in [3.63, 3.8) is 0 Å². The van der Waals surface area contributed by atoms with Crippen LogP contribution in [0.2, 0.25) is 0 Å². The van der Waals surface area contributed by atoms with Crippen LogP contribution in [0, 0.1) is 0 Å². The van der Waals surface area contributed by atoms with Crippen LogP contribution in [-0.4, -0.2) is 17.6 Å². The van der Waals surface area contributed by atoms with Crippen molar-refractivity contribution in [2.45, 2.75) is 25.7 Å². The molecule has 0 heterocycles. The molecule has 0 aliphatic rings. The molecule has 1 N–H and O–H groups in total. The number of hydrogen-bond acceptors (Lipinski definition) is 1. The van der Waals surface area contributed by atoms with Crippen LogP contribution in [0.4, 0.5) is 0 Å². The van der Waals surface area contributed by atoms with Gasteiger partial charge < -0.3 is 5.11 Å². The Morgan fingerprint density at radius 2 is 2.00 bits per heavy atom. The smallest absolute Gasteiger partial charge is 0.303 e.